The number of halogens is 4. The number of amides is 2. The number of carbonyl (C=O) groups excluding carboxylic acids is 1. The number of piperidine rings is 1. The number of urea groups is 1. The summed E-state index contributed by atoms with van der Waals surface area (Å²) in [5.74, 6) is -2.76. The molecule has 1 aliphatic heterocycles. The number of benzene rings is 1. The van der Waals surface area contributed by atoms with E-state index in [4.69, 9.17) is 21.5 Å². The first-order valence-electron chi connectivity index (χ1n) is 9.65. The number of hydrogen-bond acceptors (Lipinski definition) is 3. The standard InChI is InChI=1S/C18H26ClN3O.C2HF3O2/c1-21(2)17(23)20-15-11-18(12-15)7-9-22(10-8-18)13-14-5-3-4-6-16(14)19;3-2(4,5)1(6)7/h3-6,15H,7-13H2,1-2H3,(H,20,23);(H,6,7). The van der Waals surface area contributed by atoms with E-state index in [1.54, 1.807) is 19.0 Å². The Labute approximate surface area is 179 Å². The molecule has 2 N–H and O–H groups in total. The topological polar surface area (TPSA) is 72.9 Å². The van der Waals surface area contributed by atoms with Gasteiger partial charge < -0.3 is 15.3 Å². The molecule has 1 aromatic carbocycles. The van der Waals surface area contributed by atoms with E-state index in [9.17, 15) is 18.0 Å². The van der Waals surface area contributed by atoms with E-state index in [-0.39, 0.29) is 6.03 Å². The second kappa shape index (κ2) is 9.87. The van der Waals surface area contributed by atoms with Crippen molar-refractivity contribution in [3.8, 4) is 0 Å². The van der Waals surface area contributed by atoms with Crippen molar-refractivity contribution in [3.05, 3.63) is 34.9 Å². The zero-order chi connectivity index (χ0) is 22.5. The summed E-state index contributed by atoms with van der Waals surface area (Å²) in [4.78, 5) is 24.7. The quantitative estimate of drug-likeness (QED) is 0.732. The van der Waals surface area contributed by atoms with E-state index in [0.29, 0.717) is 11.5 Å². The maximum atomic E-state index is 11.7. The fraction of sp³-hybridized carbons (Fsp3) is 0.600. The number of aliphatic carboxylic acids is 1. The summed E-state index contributed by atoms with van der Waals surface area (Å²) in [6, 6.07) is 8.50. The van der Waals surface area contributed by atoms with Crippen LogP contribution in [0, 0.1) is 5.41 Å². The molecule has 2 aliphatic rings. The summed E-state index contributed by atoms with van der Waals surface area (Å²) in [5.41, 5.74) is 1.68. The monoisotopic (exact) mass is 449 g/mol. The first-order chi connectivity index (χ1) is 13.9. The van der Waals surface area contributed by atoms with Gasteiger partial charge in [-0.1, -0.05) is 29.8 Å². The lowest BCUT2D eigenvalue weighted by molar-refractivity contribution is -0.192. The van der Waals surface area contributed by atoms with Crippen molar-refractivity contribution >= 4 is 23.6 Å². The third-order valence-electron chi connectivity index (χ3n) is 5.60. The average Bonchev–Trinajstić information content (AvgIpc) is 2.63. The van der Waals surface area contributed by atoms with Crippen LogP contribution in [0.1, 0.15) is 31.2 Å². The fourth-order valence-electron chi connectivity index (χ4n) is 3.85. The number of hydrogen-bond donors (Lipinski definition) is 2. The Kier molecular flexibility index (Phi) is 7.99. The van der Waals surface area contributed by atoms with Gasteiger partial charge in [0, 0.05) is 31.7 Å². The van der Waals surface area contributed by atoms with Gasteiger partial charge in [-0.25, -0.2) is 9.59 Å². The van der Waals surface area contributed by atoms with Crippen LogP contribution in [0.3, 0.4) is 0 Å². The third-order valence-corrected chi connectivity index (χ3v) is 5.97. The highest BCUT2D eigenvalue weighted by molar-refractivity contribution is 6.31. The van der Waals surface area contributed by atoms with E-state index in [0.717, 1.165) is 37.5 Å². The molecule has 2 fully saturated rings. The molecule has 10 heteroatoms. The molecular formula is C20H27ClF3N3O3. The van der Waals surface area contributed by atoms with Crippen molar-refractivity contribution < 1.29 is 27.9 Å². The fourth-order valence-corrected chi connectivity index (χ4v) is 4.05. The molecule has 30 heavy (non-hydrogen) atoms. The van der Waals surface area contributed by atoms with Crippen LogP contribution < -0.4 is 5.32 Å². The maximum absolute atomic E-state index is 11.7. The highest BCUT2D eigenvalue weighted by Crippen LogP contribution is 2.49. The van der Waals surface area contributed by atoms with Crippen molar-refractivity contribution in [2.24, 2.45) is 5.41 Å². The van der Waals surface area contributed by atoms with Gasteiger partial charge in [-0.05, 0) is 55.8 Å². The van der Waals surface area contributed by atoms with Crippen LogP contribution in [0.2, 0.25) is 5.02 Å². The van der Waals surface area contributed by atoms with E-state index < -0.39 is 12.1 Å². The second-order valence-electron chi connectivity index (χ2n) is 8.12. The second-order valence-corrected chi connectivity index (χ2v) is 8.53. The Hall–Kier alpha value is -2.00. The Balaban J connectivity index is 0.000000396. The van der Waals surface area contributed by atoms with Crippen LogP contribution in [0.5, 0.6) is 0 Å². The first kappa shape index (κ1) is 24.3. The van der Waals surface area contributed by atoms with Gasteiger partial charge in [0.15, 0.2) is 0 Å². The first-order valence-corrected chi connectivity index (χ1v) is 10.0. The number of rotatable bonds is 3. The summed E-state index contributed by atoms with van der Waals surface area (Å²) in [6.45, 7) is 3.19. The van der Waals surface area contributed by atoms with Gasteiger partial charge in [0.2, 0.25) is 0 Å². The van der Waals surface area contributed by atoms with Gasteiger partial charge in [0.25, 0.3) is 0 Å². The van der Waals surface area contributed by atoms with Gasteiger partial charge in [0.05, 0.1) is 0 Å². The van der Waals surface area contributed by atoms with E-state index in [1.807, 2.05) is 12.1 Å². The molecule has 0 radical (unpaired) electrons. The summed E-state index contributed by atoms with van der Waals surface area (Å²) < 4.78 is 31.7. The lowest BCUT2D eigenvalue weighted by Crippen LogP contribution is -2.56. The summed E-state index contributed by atoms with van der Waals surface area (Å²) in [6.07, 6.45) is -0.364. The number of carboxylic acid groups (broad SMARTS) is 1. The third kappa shape index (κ3) is 6.77. The van der Waals surface area contributed by atoms with Crippen LogP contribution in [-0.2, 0) is 11.3 Å². The Morgan fingerprint density at radius 2 is 1.77 bits per heavy atom. The molecule has 1 spiro atoms. The minimum absolute atomic E-state index is 0.0287. The van der Waals surface area contributed by atoms with Gasteiger partial charge in [0.1, 0.15) is 0 Å². The lowest BCUT2D eigenvalue weighted by atomic mass is 9.60. The SMILES string of the molecule is CN(C)C(=O)NC1CC2(CCN(Cc3ccccc3Cl)CC2)C1.O=C(O)C(F)(F)F. The molecule has 1 aromatic rings. The number of likely N-dealkylation sites (tertiary alicyclic amines) is 1. The van der Waals surface area contributed by atoms with Crippen molar-refractivity contribution in [2.75, 3.05) is 27.2 Å². The zero-order valence-corrected chi connectivity index (χ0v) is 17.8. The summed E-state index contributed by atoms with van der Waals surface area (Å²) in [7, 11) is 3.58. The van der Waals surface area contributed by atoms with Crippen LogP contribution >= 0.6 is 11.6 Å². The van der Waals surface area contributed by atoms with Gasteiger partial charge in [-0.2, -0.15) is 13.2 Å². The predicted octanol–water partition coefficient (Wildman–Crippen LogP) is 3.99. The van der Waals surface area contributed by atoms with E-state index >= 15 is 0 Å². The summed E-state index contributed by atoms with van der Waals surface area (Å²) >= 11 is 6.26. The average molecular weight is 450 g/mol. The van der Waals surface area contributed by atoms with Gasteiger partial charge in [-0.15, -0.1) is 0 Å². The predicted molar refractivity (Wildman–Crippen MR) is 107 cm³/mol. The van der Waals surface area contributed by atoms with Gasteiger partial charge in [-0.3, -0.25) is 4.90 Å². The maximum Gasteiger partial charge on any atom is 0.490 e. The number of carbonyl (C=O) groups is 2. The Morgan fingerprint density at radius 1 is 1.23 bits per heavy atom. The molecule has 1 saturated carbocycles. The largest absolute Gasteiger partial charge is 0.490 e. The summed E-state index contributed by atoms with van der Waals surface area (Å²) in [5, 5.41) is 11.1. The minimum Gasteiger partial charge on any atom is -0.475 e. The van der Waals surface area contributed by atoms with Gasteiger partial charge >= 0.3 is 18.2 Å². The normalized spacial score (nSPS) is 18.7. The number of nitrogens with one attached hydrogen (secondary N) is 1. The van der Waals surface area contributed by atoms with E-state index in [2.05, 4.69) is 22.3 Å². The lowest BCUT2D eigenvalue weighted by Gasteiger charge is -2.52. The molecule has 1 aliphatic carbocycles. The molecular weight excluding hydrogens is 423 g/mol. The molecule has 0 unspecified atom stereocenters. The van der Waals surface area contributed by atoms with Crippen LogP contribution in [-0.4, -0.2) is 66.3 Å². The van der Waals surface area contributed by atoms with Crippen LogP contribution in [0.4, 0.5) is 18.0 Å². The number of alkyl halides is 3. The molecule has 0 atom stereocenters. The molecule has 2 amide bonds. The van der Waals surface area contributed by atoms with Crippen LogP contribution in [0.15, 0.2) is 24.3 Å². The molecule has 168 valence electrons. The van der Waals surface area contributed by atoms with Crippen LogP contribution in [0.25, 0.3) is 0 Å². The molecule has 0 aromatic heterocycles. The molecule has 6 nitrogen and oxygen atoms in total. The zero-order valence-electron chi connectivity index (χ0n) is 17.0. The smallest absolute Gasteiger partial charge is 0.475 e. The van der Waals surface area contributed by atoms with E-state index in [1.165, 1.54) is 18.4 Å². The number of carboxylic acids is 1. The van der Waals surface area contributed by atoms with Crippen molar-refractivity contribution in [1.82, 2.24) is 15.1 Å². The van der Waals surface area contributed by atoms with Crippen molar-refractivity contribution in [2.45, 2.75) is 44.4 Å². The Morgan fingerprint density at radius 3 is 2.23 bits per heavy atom. The Bertz CT molecular complexity index is 742. The van der Waals surface area contributed by atoms with Crippen molar-refractivity contribution in [1.29, 1.82) is 0 Å². The number of nitrogens with zero attached hydrogens (tertiary/aromatic N) is 2. The molecule has 3 rings (SSSR count). The molecule has 1 heterocycles. The molecule has 1 saturated heterocycles. The minimum atomic E-state index is -5.08. The molecule has 0 bridgehead atoms. The highest BCUT2D eigenvalue weighted by Gasteiger charge is 2.46. The highest BCUT2D eigenvalue weighted by atomic mass is 35.5. The van der Waals surface area contributed by atoms with Crippen molar-refractivity contribution in [3.63, 3.8) is 0 Å².